The van der Waals surface area contributed by atoms with Crippen LogP contribution in [0.15, 0.2) is 78.5 Å². The normalized spacial score (nSPS) is 23.2. The summed E-state index contributed by atoms with van der Waals surface area (Å²) in [6.07, 6.45) is 10.7. The van der Waals surface area contributed by atoms with Crippen LogP contribution < -0.4 is 14.2 Å². The molecule has 14 nitrogen and oxygen atoms in total. The summed E-state index contributed by atoms with van der Waals surface area (Å²) in [5.74, 6) is -0.464. The highest BCUT2D eigenvalue weighted by atomic mass is 16.7. The largest absolute Gasteiger partial charge is 0.496 e. The van der Waals surface area contributed by atoms with Crippen LogP contribution >= 0.6 is 0 Å². The predicted molar refractivity (Wildman–Crippen MR) is 235 cm³/mol. The lowest BCUT2D eigenvalue weighted by atomic mass is 9.55. The smallest absolute Gasteiger partial charge is 0.410 e. The molecule has 14 heteroatoms. The van der Waals surface area contributed by atoms with Gasteiger partial charge < -0.3 is 48.6 Å². The first-order valence-electron chi connectivity index (χ1n) is 21.8. The number of hydrogen-bond acceptors (Lipinski definition) is 13. The zero-order valence-electron chi connectivity index (χ0n) is 36.8. The Morgan fingerprint density at radius 3 is 2.39 bits per heavy atom. The molecular formula is C48H66N2O12. The second kappa shape index (κ2) is 23.1. The van der Waals surface area contributed by atoms with Crippen LogP contribution in [0.2, 0.25) is 0 Å². The number of benzene rings is 2. The quantitative estimate of drug-likeness (QED) is 0.0384. The van der Waals surface area contributed by atoms with Crippen molar-refractivity contribution in [3.05, 3.63) is 84.5 Å². The van der Waals surface area contributed by atoms with Gasteiger partial charge >= 0.3 is 6.09 Å². The predicted octanol–water partition coefficient (Wildman–Crippen LogP) is 7.76. The molecule has 0 aromatic heterocycles. The molecule has 62 heavy (non-hydrogen) atoms. The zero-order valence-corrected chi connectivity index (χ0v) is 36.8. The second-order valence-electron chi connectivity index (χ2n) is 16.8. The van der Waals surface area contributed by atoms with Gasteiger partial charge in [-0.3, -0.25) is 9.69 Å². The molecule has 0 spiro atoms. The van der Waals surface area contributed by atoms with Crippen LogP contribution in [0.3, 0.4) is 0 Å². The van der Waals surface area contributed by atoms with Crippen molar-refractivity contribution in [3.8, 4) is 23.0 Å². The summed E-state index contributed by atoms with van der Waals surface area (Å²) in [6, 6.07) is 9.85. The number of allylic oxidation sites excluding steroid dienone is 1. The van der Waals surface area contributed by atoms with Gasteiger partial charge in [-0.05, 0) is 107 Å². The maximum absolute atomic E-state index is 14.4. The minimum Gasteiger partial charge on any atom is -0.496 e. The van der Waals surface area contributed by atoms with Crippen LogP contribution in [-0.4, -0.2) is 116 Å². The molecule has 1 amide bonds. The summed E-state index contributed by atoms with van der Waals surface area (Å²) in [6.45, 7) is 13.9. The molecule has 5 rings (SSSR count). The molecule has 1 fully saturated rings. The van der Waals surface area contributed by atoms with Gasteiger partial charge in [0.1, 0.15) is 34.6 Å². The summed E-state index contributed by atoms with van der Waals surface area (Å²) >= 11 is 0. The van der Waals surface area contributed by atoms with E-state index < -0.39 is 29.4 Å². The average Bonchev–Trinajstić information content (AvgIpc) is 3.26. The molecule has 2 aromatic rings. The van der Waals surface area contributed by atoms with Gasteiger partial charge in [0.25, 0.3) is 0 Å². The van der Waals surface area contributed by atoms with Gasteiger partial charge in [0.2, 0.25) is 5.79 Å². The maximum Gasteiger partial charge on any atom is 0.410 e. The summed E-state index contributed by atoms with van der Waals surface area (Å²) in [4.78, 5) is 34.1. The zero-order chi connectivity index (χ0) is 44.7. The number of aldehydes is 1. The number of ether oxygens (including phenoxy) is 6. The van der Waals surface area contributed by atoms with Gasteiger partial charge in [0.05, 0.1) is 57.3 Å². The highest BCUT2D eigenvalue weighted by molar-refractivity contribution is 6.03. The van der Waals surface area contributed by atoms with Gasteiger partial charge in [-0.15, -0.1) is 13.2 Å². The van der Waals surface area contributed by atoms with Crippen molar-refractivity contribution in [2.75, 3.05) is 59.9 Å². The number of oxime groups is 1. The van der Waals surface area contributed by atoms with E-state index >= 15 is 0 Å². The average molecular weight is 863 g/mol. The number of fused-ring (bicyclic) bond motifs is 2. The van der Waals surface area contributed by atoms with Crippen molar-refractivity contribution < 1.29 is 58.2 Å². The van der Waals surface area contributed by atoms with Gasteiger partial charge in [0.15, 0.2) is 6.29 Å². The lowest BCUT2D eigenvalue weighted by Crippen LogP contribution is -2.70. The van der Waals surface area contributed by atoms with Crippen molar-refractivity contribution in [1.82, 2.24) is 4.90 Å². The molecular weight excluding hydrogens is 797 g/mol. The van der Waals surface area contributed by atoms with E-state index in [9.17, 15) is 24.9 Å². The molecule has 2 aromatic carbocycles. The number of nitrogens with zero attached hydrogens (tertiary/aromatic N) is 2. The second-order valence-corrected chi connectivity index (χ2v) is 16.8. The molecule has 1 saturated carbocycles. The van der Waals surface area contributed by atoms with Crippen LogP contribution in [0, 0.1) is 17.8 Å². The van der Waals surface area contributed by atoms with E-state index in [4.69, 9.17) is 38.4 Å². The Morgan fingerprint density at radius 2 is 1.71 bits per heavy atom. The highest BCUT2D eigenvalue weighted by Crippen LogP contribution is 2.62. The molecule has 0 saturated heterocycles. The van der Waals surface area contributed by atoms with Crippen LogP contribution in [0.4, 0.5) is 4.79 Å². The van der Waals surface area contributed by atoms with E-state index in [2.05, 4.69) is 19.2 Å². The van der Waals surface area contributed by atoms with E-state index in [1.54, 1.807) is 41.3 Å². The molecule has 1 heterocycles. The Bertz CT molecular complexity index is 1870. The molecule has 6 atom stereocenters. The number of aliphatic hydroxyl groups excluding tert-OH is 3. The van der Waals surface area contributed by atoms with Gasteiger partial charge in [-0.25, -0.2) is 4.79 Å². The van der Waals surface area contributed by atoms with E-state index in [0.717, 1.165) is 43.1 Å². The van der Waals surface area contributed by atoms with Crippen molar-refractivity contribution in [2.45, 2.75) is 95.5 Å². The Hall–Kier alpha value is -4.73. The van der Waals surface area contributed by atoms with Gasteiger partial charge in [-0.2, -0.15) is 0 Å². The van der Waals surface area contributed by atoms with Crippen molar-refractivity contribution >= 4 is 18.1 Å². The van der Waals surface area contributed by atoms with Crippen molar-refractivity contribution in [2.24, 2.45) is 22.9 Å². The number of carbonyl (C=O) groups is 2. The molecule has 340 valence electrons. The first kappa shape index (κ1) is 48.3. The Kier molecular flexibility index (Phi) is 18.0. The summed E-state index contributed by atoms with van der Waals surface area (Å²) < 4.78 is 37.7. The van der Waals surface area contributed by atoms with Gasteiger partial charge in [0, 0.05) is 37.7 Å². The fourth-order valence-corrected chi connectivity index (χ4v) is 8.92. The molecule has 3 N–H and O–H groups in total. The third kappa shape index (κ3) is 11.6. The number of rotatable bonds is 25. The van der Waals surface area contributed by atoms with Crippen LogP contribution in [-0.2, 0) is 19.0 Å². The molecule has 0 radical (unpaired) electrons. The fraction of sp³-hybridized carbons (Fsp3) is 0.562. The van der Waals surface area contributed by atoms with Crippen LogP contribution in [0.5, 0.6) is 23.0 Å². The molecule has 3 aliphatic rings. The van der Waals surface area contributed by atoms with E-state index in [1.165, 1.54) is 7.11 Å². The first-order valence-corrected chi connectivity index (χ1v) is 21.8. The third-order valence-corrected chi connectivity index (χ3v) is 11.5. The number of aliphatic hydroxyl groups is 3. The van der Waals surface area contributed by atoms with E-state index in [0.29, 0.717) is 53.5 Å². The number of amides is 1. The monoisotopic (exact) mass is 862 g/mol. The summed E-state index contributed by atoms with van der Waals surface area (Å²) in [5.41, 5.74) is 2.08. The number of methoxy groups -OCH3 is 1. The molecule has 0 bridgehead atoms. The minimum absolute atomic E-state index is 0.0177. The number of carbonyl (C=O) groups excluding carboxylic acids is 2. The van der Waals surface area contributed by atoms with E-state index in [-0.39, 0.29) is 77.0 Å². The first-order chi connectivity index (χ1) is 30.0. The van der Waals surface area contributed by atoms with E-state index in [1.807, 2.05) is 32.9 Å². The number of unbranched alkanes of at least 4 members (excludes halogenated alkanes) is 2. The Morgan fingerprint density at radius 1 is 0.968 bits per heavy atom. The fourth-order valence-electron chi connectivity index (χ4n) is 8.92. The van der Waals surface area contributed by atoms with Crippen LogP contribution in [0.25, 0.3) is 0 Å². The Labute approximate surface area is 366 Å². The number of hydrogen-bond donors (Lipinski definition) is 3. The maximum atomic E-state index is 14.4. The standard InChI is InChI=1S/C48H66N2O12/c1-7-9-25-58-46(55)50(20-26-57-27-23-53)43-31-40(49-62-47(3,4)5)38-29-33(14-10-12-21-51)37(15-11-13-22-52)44-39-30-36(60-35-16-18-41(56-6)34(28-35)32-54)17-19-42(39)61-48(43,45(38)44)59-24-8-2/h7-8,16-19,28-30,32-33,37,43-45,51-53H,1-2,9-15,20-27,31H2,3-6H3. The Balaban J connectivity index is 1.78. The summed E-state index contributed by atoms with van der Waals surface area (Å²) in [7, 11) is 1.50. The molecule has 6 unspecified atom stereocenters. The highest BCUT2D eigenvalue weighted by Gasteiger charge is 2.65. The molecule has 2 aliphatic carbocycles. The third-order valence-electron chi connectivity index (χ3n) is 11.5. The topological polar surface area (TPSA) is 175 Å². The SMILES string of the molecule is C=CCCOC(=O)N(CCOCCO)C1CC(=NOC(C)(C)C)C2=CC(CCCCO)C(CCCCO)C3c4cc(Oc5ccc(OC)c(C=O)c5)ccc4OC1(OCC=C)C23. The minimum atomic E-state index is -1.52. The van der Waals surface area contributed by atoms with Crippen LogP contribution in [0.1, 0.15) is 94.0 Å². The van der Waals surface area contributed by atoms with Crippen molar-refractivity contribution in [1.29, 1.82) is 0 Å². The lowest BCUT2D eigenvalue weighted by Gasteiger charge is -2.59. The molecule has 1 aliphatic heterocycles. The lowest BCUT2D eigenvalue weighted by molar-refractivity contribution is -0.256. The summed E-state index contributed by atoms with van der Waals surface area (Å²) in [5, 5.41) is 34.3. The van der Waals surface area contributed by atoms with Gasteiger partial charge in [-0.1, -0.05) is 36.2 Å². The van der Waals surface area contributed by atoms with Crippen molar-refractivity contribution in [3.63, 3.8) is 0 Å².